The zero-order valence-corrected chi connectivity index (χ0v) is 11.0. The number of carbonyl (C=O) groups is 1. The third-order valence-corrected chi connectivity index (χ3v) is 2.84. The van der Waals surface area contributed by atoms with E-state index in [1.165, 1.54) is 0 Å². The molecule has 0 saturated carbocycles. The van der Waals surface area contributed by atoms with Crippen molar-refractivity contribution in [1.29, 1.82) is 0 Å². The number of hydrogen-bond acceptors (Lipinski definition) is 2. The topological polar surface area (TPSA) is 49.3 Å². The molecule has 0 aliphatic heterocycles. The molecule has 0 radical (unpaired) electrons. The number of carbonyl (C=O) groups excluding carboxylic acids is 1. The molecule has 88 valence electrons. The summed E-state index contributed by atoms with van der Waals surface area (Å²) in [6.07, 6.45) is 0.892. The molecule has 0 aliphatic rings. The number of nitrogens with one attached hydrogen (secondary N) is 1. The normalized spacial score (nSPS) is 12.2. The van der Waals surface area contributed by atoms with Gasteiger partial charge in [0.1, 0.15) is 5.75 Å². The minimum atomic E-state index is -0.100. The summed E-state index contributed by atoms with van der Waals surface area (Å²) in [5.74, 6) is 0.113. The highest BCUT2D eigenvalue weighted by molar-refractivity contribution is 9.09. The molecule has 0 aromatic heterocycles. The zero-order valence-electron chi connectivity index (χ0n) is 9.46. The lowest BCUT2D eigenvalue weighted by Crippen LogP contribution is -2.32. The first kappa shape index (κ1) is 13.0. The lowest BCUT2D eigenvalue weighted by atomic mass is 10.1. The second kappa shape index (κ2) is 5.89. The first-order valence-corrected chi connectivity index (χ1v) is 6.33. The summed E-state index contributed by atoms with van der Waals surface area (Å²) >= 11 is 3.33. The van der Waals surface area contributed by atoms with Crippen molar-refractivity contribution in [2.45, 2.75) is 26.3 Å². The van der Waals surface area contributed by atoms with E-state index in [4.69, 9.17) is 0 Å². The maximum Gasteiger partial charge on any atom is 0.251 e. The molecule has 1 aromatic rings. The van der Waals surface area contributed by atoms with E-state index in [1.807, 2.05) is 6.92 Å². The van der Waals surface area contributed by atoms with Gasteiger partial charge in [-0.1, -0.05) is 15.9 Å². The summed E-state index contributed by atoms with van der Waals surface area (Å²) < 4.78 is 0. The Morgan fingerprint density at radius 2 is 2.25 bits per heavy atom. The molecule has 1 unspecified atom stereocenters. The molecule has 3 nitrogen and oxygen atoms in total. The molecule has 1 amide bonds. The standard InChI is InChI=1S/C12H16BrNO2/c1-8-7-10(3-4-11(8)15)12(16)14-9(2)5-6-13/h3-4,7,9,15H,5-6H2,1-2H3,(H,14,16). The van der Waals surface area contributed by atoms with Gasteiger partial charge in [0.05, 0.1) is 0 Å². The minimum Gasteiger partial charge on any atom is -0.508 e. The van der Waals surface area contributed by atoms with Gasteiger partial charge in [0.25, 0.3) is 5.91 Å². The Kier molecular flexibility index (Phi) is 4.80. The smallest absolute Gasteiger partial charge is 0.251 e. The van der Waals surface area contributed by atoms with E-state index in [2.05, 4.69) is 21.2 Å². The van der Waals surface area contributed by atoms with Crippen molar-refractivity contribution >= 4 is 21.8 Å². The van der Waals surface area contributed by atoms with Gasteiger partial charge in [-0.15, -0.1) is 0 Å². The average Bonchev–Trinajstić information content (AvgIpc) is 2.22. The van der Waals surface area contributed by atoms with E-state index in [0.29, 0.717) is 11.1 Å². The van der Waals surface area contributed by atoms with Crippen LogP contribution in [0, 0.1) is 6.92 Å². The number of aryl methyl sites for hydroxylation is 1. The summed E-state index contributed by atoms with van der Waals surface area (Å²) in [6.45, 7) is 3.74. The van der Waals surface area contributed by atoms with Crippen LogP contribution < -0.4 is 5.32 Å². The fourth-order valence-corrected chi connectivity index (χ4v) is 2.03. The first-order chi connectivity index (χ1) is 7.54. The number of phenolic OH excluding ortho intramolecular Hbond substituents is 1. The van der Waals surface area contributed by atoms with Crippen molar-refractivity contribution in [2.75, 3.05) is 5.33 Å². The Hall–Kier alpha value is -1.03. The molecule has 0 saturated heterocycles. The Balaban J connectivity index is 2.69. The summed E-state index contributed by atoms with van der Waals surface area (Å²) in [7, 11) is 0. The molecule has 0 heterocycles. The molecule has 0 fully saturated rings. The zero-order chi connectivity index (χ0) is 12.1. The van der Waals surface area contributed by atoms with Crippen LogP contribution in [0.5, 0.6) is 5.75 Å². The van der Waals surface area contributed by atoms with Gasteiger partial charge >= 0.3 is 0 Å². The third-order valence-electron chi connectivity index (χ3n) is 2.38. The SMILES string of the molecule is Cc1cc(C(=O)NC(C)CCBr)ccc1O. The van der Waals surface area contributed by atoms with Crippen molar-refractivity contribution in [3.8, 4) is 5.75 Å². The lowest BCUT2D eigenvalue weighted by molar-refractivity contribution is 0.0939. The predicted octanol–water partition coefficient (Wildman–Crippen LogP) is 2.60. The van der Waals surface area contributed by atoms with E-state index in [-0.39, 0.29) is 17.7 Å². The second-order valence-corrected chi connectivity index (χ2v) is 4.65. The van der Waals surface area contributed by atoms with E-state index in [9.17, 15) is 9.90 Å². The Morgan fingerprint density at radius 1 is 1.56 bits per heavy atom. The van der Waals surface area contributed by atoms with Gasteiger partial charge in [0, 0.05) is 16.9 Å². The number of halogens is 1. The molecular formula is C12H16BrNO2. The minimum absolute atomic E-state index is 0.100. The van der Waals surface area contributed by atoms with Crippen LogP contribution in [0.15, 0.2) is 18.2 Å². The van der Waals surface area contributed by atoms with Crippen LogP contribution in [-0.2, 0) is 0 Å². The van der Waals surface area contributed by atoms with Gasteiger partial charge in [-0.2, -0.15) is 0 Å². The number of amides is 1. The Morgan fingerprint density at radius 3 is 2.81 bits per heavy atom. The van der Waals surface area contributed by atoms with Crippen LogP contribution in [0.1, 0.15) is 29.3 Å². The van der Waals surface area contributed by atoms with Crippen molar-refractivity contribution in [3.05, 3.63) is 29.3 Å². The fraction of sp³-hybridized carbons (Fsp3) is 0.417. The van der Waals surface area contributed by atoms with Crippen LogP contribution in [0.4, 0.5) is 0 Å². The average molecular weight is 286 g/mol. The molecule has 0 aliphatic carbocycles. The highest BCUT2D eigenvalue weighted by Gasteiger charge is 2.10. The molecule has 2 N–H and O–H groups in total. The second-order valence-electron chi connectivity index (χ2n) is 3.85. The molecule has 16 heavy (non-hydrogen) atoms. The number of phenols is 1. The molecule has 1 atom stereocenters. The number of hydrogen-bond donors (Lipinski definition) is 2. The van der Waals surface area contributed by atoms with Crippen molar-refractivity contribution in [2.24, 2.45) is 0 Å². The van der Waals surface area contributed by atoms with E-state index < -0.39 is 0 Å². The van der Waals surface area contributed by atoms with Crippen LogP contribution in [-0.4, -0.2) is 22.4 Å². The largest absolute Gasteiger partial charge is 0.508 e. The van der Waals surface area contributed by atoms with Crippen molar-refractivity contribution < 1.29 is 9.90 Å². The number of benzene rings is 1. The fourth-order valence-electron chi connectivity index (χ4n) is 1.34. The van der Waals surface area contributed by atoms with Gasteiger partial charge < -0.3 is 10.4 Å². The number of aromatic hydroxyl groups is 1. The van der Waals surface area contributed by atoms with Crippen LogP contribution in [0.3, 0.4) is 0 Å². The van der Waals surface area contributed by atoms with Crippen LogP contribution in [0.25, 0.3) is 0 Å². The number of alkyl halides is 1. The predicted molar refractivity (Wildman–Crippen MR) is 68.2 cm³/mol. The summed E-state index contributed by atoms with van der Waals surface area (Å²) in [6, 6.07) is 4.99. The van der Waals surface area contributed by atoms with Crippen molar-refractivity contribution in [1.82, 2.24) is 5.32 Å². The molecule has 0 spiro atoms. The summed E-state index contributed by atoms with van der Waals surface area (Å²) in [5.41, 5.74) is 1.29. The van der Waals surface area contributed by atoms with Crippen molar-refractivity contribution in [3.63, 3.8) is 0 Å². The maximum absolute atomic E-state index is 11.8. The highest BCUT2D eigenvalue weighted by Crippen LogP contribution is 2.16. The molecule has 1 rings (SSSR count). The van der Waals surface area contributed by atoms with Crippen LogP contribution in [0.2, 0.25) is 0 Å². The van der Waals surface area contributed by atoms with E-state index in [0.717, 1.165) is 11.8 Å². The quantitative estimate of drug-likeness (QED) is 0.836. The molecular weight excluding hydrogens is 270 g/mol. The van der Waals surface area contributed by atoms with Gasteiger partial charge in [-0.05, 0) is 44.0 Å². The van der Waals surface area contributed by atoms with Gasteiger partial charge in [0.15, 0.2) is 0 Å². The summed E-state index contributed by atoms with van der Waals surface area (Å²) in [4.78, 5) is 11.8. The van der Waals surface area contributed by atoms with Gasteiger partial charge in [-0.25, -0.2) is 0 Å². The molecule has 0 bridgehead atoms. The maximum atomic E-state index is 11.8. The molecule has 1 aromatic carbocycles. The third kappa shape index (κ3) is 3.52. The number of rotatable bonds is 4. The first-order valence-electron chi connectivity index (χ1n) is 5.21. The lowest BCUT2D eigenvalue weighted by Gasteiger charge is -2.12. The molecule has 4 heteroatoms. The van der Waals surface area contributed by atoms with E-state index in [1.54, 1.807) is 25.1 Å². The monoisotopic (exact) mass is 285 g/mol. The summed E-state index contributed by atoms with van der Waals surface area (Å²) in [5, 5.41) is 13.1. The van der Waals surface area contributed by atoms with Crippen LogP contribution >= 0.6 is 15.9 Å². The van der Waals surface area contributed by atoms with Gasteiger partial charge in [-0.3, -0.25) is 4.79 Å². The van der Waals surface area contributed by atoms with Gasteiger partial charge in [0.2, 0.25) is 0 Å². The Bertz CT molecular complexity index is 379. The van der Waals surface area contributed by atoms with E-state index >= 15 is 0 Å². The highest BCUT2D eigenvalue weighted by atomic mass is 79.9. The Labute approximate surface area is 104 Å².